The topological polar surface area (TPSA) is 49.3 Å². The molecule has 110 valence electrons. The van der Waals surface area contributed by atoms with Crippen LogP contribution in [0, 0.1) is 0 Å². The minimum absolute atomic E-state index is 0.0421. The number of amides is 1. The maximum atomic E-state index is 12.6. The third-order valence-electron chi connectivity index (χ3n) is 3.69. The van der Waals surface area contributed by atoms with E-state index in [2.05, 4.69) is 5.32 Å². The zero-order valence-electron chi connectivity index (χ0n) is 10.8. The third-order valence-corrected chi connectivity index (χ3v) is 3.69. The Morgan fingerprint density at radius 2 is 1.95 bits per heavy atom. The minimum atomic E-state index is -4.47. The van der Waals surface area contributed by atoms with Crippen molar-refractivity contribution in [1.29, 1.82) is 0 Å². The van der Waals surface area contributed by atoms with Gasteiger partial charge in [-0.05, 0) is 31.0 Å². The molecule has 1 saturated carbocycles. The molecule has 0 bridgehead atoms. The van der Waals surface area contributed by atoms with E-state index in [-0.39, 0.29) is 12.2 Å². The number of hydrogen-bond donors (Lipinski definition) is 2. The van der Waals surface area contributed by atoms with Gasteiger partial charge in [-0.15, -0.1) is 0 Å². The molecule has 2 N–H and O–H groups in total. The molecule has 0 atom stereocenters. The van der Waals surface area contributed by atoms with E-state index >= 15 is 0 Å². The van der Waals surface area contributed by atoms with Gasteiger partial charge >= 0.3 is 6.18 Å². The lowest BCUT2D eigenvalue weighted by Gasteiger charge is -2.28. The molecular weight excluding hydrogens is 271 g/mol. The van der Waals surface area contributed by atoms with Crippen LogP contribution in [0.25, 0.3) is 0 Å². The molecule has 0 heterocycles. The molecule has 20 heavy (non-hydrogen) atoms. The van der Waals surface area contributed by atoms with Crippen molar-refractivity contribution in [1.82, 2.24) is 5.32 Å². The summed E-state index contributed by atoms with van der Waals surface area (Å²) in [4.78, 5) is 12.1. The van der Waals surface area contributed by atoms with Crippen molar-refractivity contribution in [3.8, 4) is 0 Å². The molecule has 1 aromatic rings. The number of carbonyl (C=O) groups excluding carboxylic acids is 1. The molecule has 6 heteroatoms. The Labute approximate surface area is 114 Å². The van der Waals surface area contributed by atoms with Crippen LogP contribution in [-0.2, 0) is 6.18 Å². The molecule has 0 unspecified atom stereocenters. The van der Waals surface area contributed by atoms with Crippen LogP contribution in [0.15, 0.2) is 24.3 Å². The van der Waals surface area contributed by atoms with Gasteiger partial charge in [0.05, 0.1) is 17.7 Å². The van der Waals surface area contributed by atoms with E-state index in [4.69, 9.17) is 0 Å². The molecule has 1 aliphatic rings. The SMILES string of the molecule is O=C(NC1(CO)CCCC1)c1cccc(C(F)(F)F)c1. The molecular formula is C14H16F3NO2. The summed E-state index contributed by atoms with van der Waals surface area (Å²) in [6.45, 7) is -0.197. The number of hydrogen-bond acceptors (Lipinski definition) is 2. The van der Waals surface area contributed by atoms with E-state index in [1.165, 1.54) is 12.1 Å². The summed E-state index contributed by atoms with van der Waals surface area (Å²) in [5.41, 5.74) is -1.58. The van der Waals surface area contributed by atoms with Crippen LogP contribution in [0.2, 0.25) is 0 Å². The van der Waals surface area contributed by atoms with E-state index in [1.54, 1.807) is 0 Å². The Morgan fingerprint density at radius 1 is 1.30 bits per heavy atom. The zero-order valence-corrected chi connectivity index (χ0v) is 10.8. The Balaban J connectivity index is 2.17. The summed E-state index contributed by atoms with van der Waals surface area (Å²) in [5, 5.41) is 12.1. The third kappa shape index (κ3) is 3.12. The molecule has 0 radical (unpaired) electrons. The van der Waals surface area contributed by atoms with Gasteiger partial charge in [0.25, 0.3) is 5.91 Å². The first-order valence-electron chi connectivity index (χ1n) is 6.47. The number of aliphatic hydroxyl groups excluding tert-OH is 1. The second-order valence-corrected chi connectivity index (χ2v) is 5.18. The van der Waals surface area contributed by atoms with Crippen molar-refractivity contribution in [2.45, 2.75) is 37.4 Å². The number of rotatable bonds is 3. The lowest BCUT2D eigenvalue weighted by Crippen LogP contribution is -2.49. The van der Waals surface area contributed by atoms with Gasteiger partial charge in [0.1, 0.15) is 0 Å². The van der Waals surface area contributed by atoms with Gasteiger partial charge in [-0.1, -0.05) is 18.9 Å². The average Bonchev–Trinajstić information content (AvgIpc) is 2.87. The highest BCUT2D eigenvalue weighted by Crippen LogP contribution is 2.31. The summed E-state index contributed by atoms with van der Waals surface area (Å²) >= 11 is 0. The lowest BCUT2D eigenvalue weighted by molar-refractivity contribution is -0.137. The number of aliphatic hydroxyl groups is 1. The van der Waals surface area contributed by atoms with Gasteiger partial charge < -0.3 is 10.4 Å². The lowest BCUT2D eigenvalue weighted by atomic mass is 9.98. The van der Waals surface area contributed by atoms with Gasteiger partial charge in [-0.2, -0.15) is 13.2 Å². The Kier molecular flexibility index (Phi) is 4.04. The molecule has 1 aliphatic carbocycles. The van der Waals surface area contributed by atoms with Crippen molar-refractivity contribution < 1.29 is 23.1 Å². The molecule has 1 aromatic carbocycles. The van der Waals surface area contributed by atoms with Crippen LogP contribution in [0.4, 0.5) is 13.2 Å². The van der Waals surface area contributed by atoms with E-state index in [0.717, 1.165) is 25.0 Å². The first-order valence-corrected chi connectivity index (χ1v) is 6.47. The normalized spacial score (nSPS) is 18.0. The van der Waals surface area contributed by atoms with Crippen molar-refractivity contribution in [2.75, 3.05) is 6.61 Å². The van der Waals surface area contributed by atoms with Crippen molar-refractivity contribution >= 4 is 5.91 Å². The average molecular weight is 287 g/mol. The van der Waals surface area contributed by atoms with Crippen molar-refractivity contribution in [2.24, 2.45) is 0 Å². The minimum Gasteiger partial charge on any atom is -0.394 e. The highest BCUT2D eigenvalue weighted by Gasteiger charge is 2.35. The van der Waals surface area contributed by atoms with Gasteiger partial charge in [-0.25, -0.2) is 0 Å². The fourth-order valence-electron chi connectivity index (χ4n) is 2.52. The summed E-state index contributed by atoms with van der Waals surface area (Å²) in [6.07, 6.45) is -1.40. The summed E-state index contributed by atoms with van der Waals surface area (Å²) in [6, 6.07) is 4.30. The molecule has 0 spiro atoms. The maximum absolute atomic E-state index is 12.6. The summed E-state index contributed by atoms with van der Waals surface area (Å²) in [7, 11) is 0. The Bertz CT molecular complexity index is 493. The smallest absolute Gasteiger partial charge is 0.394 e. The number of alkyl halides is 3. The van der Waals surface area contributed by atoms with Crippen LogP contribution in [0.3, 0.4) is 0 Å². The van der Waals surface area contributed by atoms with E-state index in [0.29, 0.717) is 12.8 Å². The van der Waals surface area contributed by atoms with Gasteiger partial charge in [0.15, 0.2) is 0 Å². The summed E-state index contributed by atoms with van der Waals surface area (Å²) in [5.74, 6) is -0.577. The number of carbonyl (C=O) groups is 1. The fraction of sp³-hybridized carbons (Fsp3) is 0.500. The number of nitrogens with one attached hydrogen (secondary N) is 1. The van der Waals surface area contributed by atoms with Gasteiger partial charge in [0, 0.05) is 5.56 Å². The van der Waals surface area contributed by atoms with E-state index in [9.17, 15) is 23.1 Å². The number of benzene rings is 1. The predicted octanol–water partition coefficient (Wildman–Crippen LogP) is 2.74. The first-order chi connectivity index (χ1) is 9.36. The van der Waals surface area contributed by atoms with E-state index in [1.807, 2.05) is 0 Å². The standard InChI is InChI=1S/C14H16F3NO2/c15-14(16,17)11-5-3-4-10(8-11)12(20)18-13(9-19)6-1-2-7-13/h3-5,8,19H,1-2,6-7,9H2,(H,18,20). The summed E-state index contributed by atoms with van der Waals surface area (Å²) < 4.78 is 37.8. The van der Waals surface area contributed by atoms with Crippen LogP contribution in [0.1, 0.15) is 41.6 Å². The quantitative estimate of drug-likeness (QED) is 0.898. The molecule has 2 rings (SSSR count). The van der Waals surface area contributed by atoms with Crippen LogP contribution >= 0.6 is 0 Å². The molecule has 0 saturated heterocycles. The largest absolute Gasteiger partial charge is 0.416 e. The highest BCUT2D eigenvalue weighted by molar-refractivity contribution is 5.94. The molecule has 3 nitrogen and oxygen atoms in total. The van der Waals surface area contributed by atoms with Gasteiger partial charge in [-0.3, -0.25) is 4.79 Å². The first kappa shape index (κ1) is 14.8. The molecule has 0 aliphatic heterocycles. The highest BCUT2D eigenvalue weighted by atomic mass is 19.4. The van der Waals surface area contributed by atoms with Crippen molar-refractivity contribution in [3.05, 3.63) is 35.4 Å². The second kappa shape index (κ2) is 5.44. The molecule has 1 amide bonds. The molecule has 1 fully saturated rings. The fourth-order valence-corrected chi connectivity index (χ4v) is 2.52. The second-order valence-electron chi connectivity index (χ2n) is 5.18. The van der Waals surface area contributed by atoms with Crippen molar-refractivity contribution in [3.63, 3.8) is 0 Å². The molecule has 0 aromatic heterocycles. The van der Waals surface area contributed by atoms with Crippen LogP contribution in [0.5, 0.6) is 0 Å². The Hall–Kier alpha value is -1.56. The van der Waals surface area contributed by atoms with Crippen LogP contribution < -0.4 is 5.32 Å². The maximum Gasteiger partial charge on any atom is 0.416 e. The Morgan fingerprint density at radius 3 is 2.50 bits per heavy atom. The predicted molar refractivity (Wildman–Crippen MR) is 67.2 cm³/mol. The van der Waals surface area contributed by atoms with Gasteiger partial charge in [0.2, 0.25) is 0 Å². The zero-order chi connectivity index (χ0) is 14.8. The van der Waals surface area contributed by atoms with E-state index < -0.39 is 23.2 Å². The number of halogens is 3. The monoisotopic (exact) mass is 287 g/mol. The van der Waals surface area contributed by atoms with Crippen LogP contribution in [-0.4, -0.2) is 23.2 Å².